The van der Waals surface area contributed by atoms with Crippen molar-refractivity contribution in [1.29, 1.82) is 0 Å². The lowest BCUT2D eigenvalue weighted by Gasteiger charge is -2.40. The molecule has 1 aromatic heterocycles. The topological polar surface area (TPSA) is 60.2 Å². The van der Waals surface area contributed by atoms with Crippen LogP contribution in [0.3, 0.4) is 0 Å². The number of hydrogen-bond donors (Lipinski definition) is 2. The molecule has 1 aromatic rings. The summed E-state index contributed by atoms with van der Waals surface area (Å²) in [4.78, 5) is 4.25. The highest BCUT2D eigenvalue weighted by Gasteiger charge is 2.40. The van der Waals surface area contributed by atoms with Crippen molar-refractivity contribution in [2.24, 2.45) is 0 Å². The number of nitrogens with zero attached hydrogens (tertiary/aromatic N) is 1. The van der Waals surface area contributed by atoms with Gasteiger partial charge in [-0.25, -0.2) is 4.98 Å². The molecule has 1 atom stereocenters. The number of methoxy groups -OCH3 is 1. The van der Waals surface area contributed by atoms with Crippen LogP contribution in [0.25, 0.3) is 0 Å². The summed E-state index contributed by atoms with van der Waals surface area (Å²) in [7, 11) is 1.84. The maximum absolute atomic E-state index is 6.10. The van der Waals surface area contributed by atoms with E-state index in [-0.39, 0.29) is 11.6 Å². The molecule has 0 saturated heterocycles. The summed E-state index contributed by atoms with van der Waals surface area (Å²) in [5.74, 6) is 0.610. The second kappa shape index (κ2) is 7.04. The quantitative estimate of drug-likeness (QED) is 0.812. The van der Waals surface area contributed by atoms with Crippen LogP contribution in [0, 0.1) is 0 Å². The van der Waals surface area contributed by atoms with E-state index in [1.807, 2.05) is 13.2 Å². The van der Waals surface area contributed by atoms with Crippen LogP contribution in [0.5, 0.6) is 0 Å². The van der Waals surface area contributed by atoms with Gasteiger partial charge in [0.25, 0.3) is 0 Å². The number of rotatable bonds is 5. The van der Waals surface area contributed by atoms with Crippen LogP contribution < -0.4 is 11.1 Å². The first-order valence-corrected chi connectivity index (χ1v) is 7.72. The first-order valence-electron chi connectivity index (χ1n) is 7.72. The molecule has 2 rings (SSSR count). The van der Waals surface area contributed by atoms with Crippen molar-refractivity contribution in [3.05, 3.63) is 23.9 Å². The average molecular weight is 277 g/mol. The van der Waals surface area contributed by atoms with E-state index in [4.69, 9.17) is 10.5 Å². The van der Waals surface area contributed by atoms with Gasteiger partial charge in [0.15, 0.2) is 0 Å². The molecule has 1 aliphatic rings. The lowest BCUT2D eigenvalue weighted by Crippen LogP contribution is -2.45. The molecule has 0 aliphatic heterocycles. The van der Waals surface area contributed by atoms with Crippen molar-refractivity contribution in [3.8, 4) is 0 Å². The van der Waals surface area contributed by atoms with E-state index in [1.165, 1.54) is 25.7 Å². The van der Waals surface area contributed by atoms with Crippen LogP contribution in [-0.2, 0) is 4.74 Å². The van der Waals surface area contributed by atoms with E-state index in [0.29, 0.717) is 5.82 Å². The van der Waals surface area contributed by atoms with Crippen molar-refractivity contribution < 1.29 is 4.74 Å². The molecule has 1 unspecified atom stereocenters. The summed E-state index contributed by atoms with van der Waals surface area (Å²) in [5.41, 5.74) is 7.01. The zero-order chi connectivity index (χ0) is 14.4. The summed E-state index contributed by atoms with van der Waals surface area (Å²) in [5, 5.41) is 3.58. The second-order valence-corrected chi connectivity index (χ2v) is 5.65. The molecular formula is C16H27N3O. The molecule has 0 radical (unpaired) electrons. The third kappa shape index (κ3) is 3.13. The van der Waals surface area contributed by atoms with Crippen molar-refractivity contribution >= 4 is 5.82 Å². The Morgan fingerprint density at radius 1 is 1.35 bits per heavy atom. The fourth-order valence-corrected chi connectivity index (χ4v) is 3.40. The number of hydrogen-bond acceptors (Lipinski definition) is 4. The van der Waals surface area contributed by atoms with Gasteiger partial charge in [0.1, 0.15) is 5.82 Å². The van der Waals surface area contributed by atoms with Crippen molar-refractivity contribution in [2.75, 3.05) is 19.4 Å². The summed E-state index contributed by atoms with van der Waals surface area (Å²) in [6.07, 6.45) is 8.93. The van der Waals surface area contributed by atoms with Gasteiger partial charge in [0.05, 0.1) is 11.6 Å². The third-order valence-corrected chi connectivity index (χ3v) is 4.47. The molecular weight excluding hydrogens is 250 g/mol. The Balaban J connectivity index is 2.36. The van der Waals surface area contributed by atoms with E-state index < -0.39 is 0 Å². The summed E-state index contributed by atoms with van der Waals surface area (Å²) in [6.45, 7) is 3.02. The molecule has 1 aliphatic carbocycles. The lowest BCUT2D eigenvalue weighted by atomic mass is 9.82. The zero-order valence-electron chi connectivity index (χ0n) is 12.7. The fourth-order valence-electron chi connectivity index (χ4n) is 3.40. The van der Waals surface area contributed by atoms with Gasteiger partial charge in [-0.1, -0.05) is 38.7 Å². The van der Waals surface area contributed by atoms with E-state index in [9.17, 15) is 0 Å². The normalized spacial score (nSPS) is 20.3. The number of anilines is 1. The number of nitrogen functional groups attached to an aromatic ring is 1. The van der Waals surface area contributed by atoms with Gasteiger partial charge in [-0.2, -0.15) is 0 Å². The number of nitrogens with one attached hydrogen (secondary N) is 1. The Kier molecular flexibility index (Phi) is 5.38. The Labute approximate surface area is 122 Å². The predicted molar refractivity (Wildman–Crippen MR) is 82.5 cm³/mol. The van der Waals surface area contributed by atoms with Crippen LogP contribution in [0.2, 0.25) is 0 Å². The second-order valence-electron chi connectivity index (χ2n) is 5.65. The Morgan fingerprint density at radius 3 is 2.60 bits per heavy atom. The van der Waals surface area contributed by atoms with Gasteiger partial charge in [-0.05, 0) is 25.5 Å². The third-order valence-electron chi connectivity index (χ3n) is 4.47. The first kappa shape index (κ1) is 15.3. The monoisotopic (exact) mass is 277 g/mol. The Morgan fingerprint density at radius 2 is 2.05 bits per heavy atom. The predicted octanol–water partition coefficient (Wildman–Crippen LogP) is 3.05. The van der Waals surface area contributed by atoms with Gasteiger partial charge in [0.2, 0.25) is 0 Å². The minimum Gasteiger partial charge on any atom is -0.383 e. The molecule has 1 fully saturated rings. The van der Waals surface area contributed by atoms with E-state index in [0.717, 1.165) is 24.9 Å². The fraction of sp³-hybridized carbons (Fsp3) is 0.688. The number of ether oxygens (including phenoxy) is 1. The number of likely N-dealkylation sites (N-methyl/N-ethyl adjacent to an activating group) is 1. The standard InChI is InChI=1S/C16H27N3O/c1-3-18-14(13-9-8-12-19-15(13)17)16(20-2)10-6-4-5-7-11-16/h8-9,12,14,18H,3-7,10-11H2,1-2H3,(H2,17,19). The van der Waals surface area contributed by atoms with Crippen LogP contribution in [-0.4, -0.2) is 24.2 Å². The van der Waals surface area contributed by atoms with E-state index in [2.05, 4.69) is 23.3 Å². The average Bonchev–Trinajstić information content (AvgIpc) is 2.72. The maximum Gasteiger partial charge on any atom is 0.128 e. The number of nitrogens with two attached hydrogens (primary N) is 1. The van der Waals surface area contributed by atoms with Crippen LogP contribution in [0.1, 0.15) is 57.1 Å². The molecule has 0 bridgehead atoms. The highest BCUT2D eigenvalue weighted by Crippen LogP contribution is 2.41. The zero-order valence-corrected chi connectivity index (χ0v) is 12.7. The van der Waals surface area contributed by atoms with Crippen molar-refractivity contribution in [3.63, 3.8) is 0 Å². The van der Waals surface area contributed by atoms with Crippen LogP contribution >= 0.6 is 0 Å². The molecule has 4 nitrogen and oxygen atoms in total. The minimum atomic E-state index is -0.163. The van der Waals surface area contributed by atoms with Crippen molar-refractivity contribution in [2.45, 2.75) is 57.1 Å². The largest absolute Gasteiger partial charge is 0.383 e. The van der Waals surface area contributed by atoms with Gasteiger partial charge in [-0.3, -0.25) is 0 Å². The molecule has 20 heavy (non-hydrogen) atoms. The maximum atomic E-state index is 6.10. The molecule has 0 spiro atoms. The summed E-state index contributed by atoms with van der Waals surface area (Å²) in [6, 6.07) is 4.14. The summed E-state index contributed by atoms with van der Waals surface area (Å²) < 4.78 is 6.04. The highest BCUT2D eigenvalue weighted by molar-refractivity contribution is 5.42. The molecule has 1 saturated carbocycles. The number of aromatic nitrogens is 1. The molecule has 112 valence electrons. The van der Waals surface area contributed by atoms with Gasteiger partial charge in [0, 0.05) is 18.9 Å². The van der Waals surface area contributed by atoms with Gasteiger partial charge >= 0.3 is 0 Å². The van der Waals surface area contributed by atoms with Crippen LogP contribution in [0.4, 0.5) is 5.82 Å². The summed E-state index contributed by atoms with van der Waals surface area (Å²) >= 11 is 0. The SMILES string of the molecule is CCNC(c1cccnc1N)C1(OC)CCCCCC1. The minimum absolute atomic E-state index is 0.115. The molecule has 0 amide bonds. The highest BCUT2D eigenvalue weighted by atomic mass is 16.5. The molecule has 1 heterocycles. The smallest absolute Gasteiger partial charge is 0.128 e. The lowest BCUT2D eigenvalue weighted by molar-refractivity contribution is -0.0535. The van der Waals surface area contributed by atoms with E-state index >= 15 is 0 Å². The Bertz CT molecular complexity index is 414. The van der Waals surface area contributed by atoms with E-state index in [1.54, 1.807) is 6.20 Å². The van der Waals surface area contributed by atoms with Gasteiger partial charge in [-0.15, -0.1) is 0 Å². The Hall–Kier alpha value is -1.13. The first-order chi connectivity index (χ1) is 9.73. The molecule has 0 aromatic carbocycles. The van der Waals surface area contributed by atoms with Crippen LogP contribution in [0.15, 0.2) is 18.3 Å². The van der Waals surface area contributed by atoms with Gasteiger partial charge < -0.3 is 15.8 Å². The molecule has 4 heteroatoms. The van der Waals surface area contributed by atoms with Crippen molar-refractivity contribution in [1.82, 2.24) is 10.3 Å². The molecule has 3 N–H and O–H groups in total. The number of pyridine rings is 1.